The van der Waals surface area contributed by atoms with E-state index in [-0.39, 0.29) is 6.42 Å². The van der Waals surface area contributed by atoms with Gasteiger partial charge in [-0.1, -0.05) is 24.3 Å². The summed E-state index contributed by atoms with van der Waals surface area (Å²) in [6.45, 7) is 8.97. The summed E-state index contributed by atoms with van der Waals surface area (Å²) in [6, 6.07) is 6.80. The Morgan fingerprint density at radius 3 is 2.36 bits per heavy atom. The van der Waals surface area contributed by atoms with Crippen molar-refractivity contribution in [3.63, 3.8) is 0 Å². The van der Waals surface area contributed by atoms with E-state index in [2.05, 4.69) is 6.58 Å². The first-order valence-corrected chi connectivity index (χ1v) is 7.59. The van der Waals surface area contributed by atoms with Crippen molar-refractivity contribution < 1.29 is 32.2 Å². The van der Waals surface area contributed by atoms with Crippen molar-refractivity contribution in [2.45, 2.75) is 52.0 Å². The van der Waals surface area contributed by atoms with Gasteiger partial charge in [0.25, 0.3) is 0 Å². The van der Waals surface area contributed by atoms with Gasteiger partial charge >= 0.3 is 18.1 Å². The van der Waals surface area contributed by atoms with E-state index >= 15 is 0 Å². The predicted octanol–water partition coefficient (Wildman–Crippen LogP) is 4.37. The highest BCUT2D eigenvalue weighted by molar-refractivity contribution is 5.90. The molecule has 1 aromatic carbocycles. The highest BCUT2D eigenvalue weighted by atomic mass is 19.4. The van der Waals surface area contributed by atoms with Crippen LogP contribution in [0.25, 0.3) is 0 Å². The molecule has 0 aliphatic rings. The summed E-state index contributed by atoms with van der Waals surface area (Å²) in [6.07, 6.45) is -5.49. The summed E-state index contributed by atoms with van der Waals surface area (Å²) >= 11 is 0. The van der Waals surface area contributed by atoms with Crippen LogP contribution in [0, 0.1) is 6.92 Å². The lowest BCUT2D eigenvalue weighted by atomic mass is 10.0. The standard InChI is InChI=1S/C18H21F3O4/c1-11-7-6-8-14(9-11)16(23)24-12(2)10-17(4,5)25-15(22)13(3)18(19,20)21/h6-9,12H,3,10H2,1-2,4-5H3. The summed E-state index contributed by atoms with van der Waals surface area (Å²) in [5, 5.41) is 0. The van der Waals surface area contributed by atoms with Crippen molar-refractivity contribution >= 4 is 11.9 Å². The Balaban J connectivity index is 2.65. The fourth-order valence-electron chi connectivity index (χ4n) is 2.23. The molecule has 0 aliphatic heterocycles. The fourth-order valence-corrected chi connectivity index (χ4v) is 2.23. The summed E-state index contributed by atoms with van der Waals surface area (Å²) < 4.78 is 47.5. The molecule has 1 unspecified atom stereocenters. The molecule has 0 fully saturated rings. The monoisotopic (exact) mass is 358 g/mol. The Labute approximate surface area is 144 Å². The number of hydrogen-bond acceptors (Lipinski definition) is 4. The zero-order valence-corrected chi connectivity index (χ0v) is 14.6. The van der Waals surface area contributed by atoms with Crippen molar-refractivity contribution in [2.75, 3.05) is 0 Å². The molecule has 1 atom stereocenters. The minimum Gasteiger partial charge on any atom is -0.459 e. The van der Waals surface area contributed by atoms with Crippen LogP contribution in [0.15, 0.2) is 36.4 Å². The molecule has 0 spiro atoms. The van der Waals surface area contributed by atoms with Crippen LogP contribution in [-0.2, 0) is 14.3 Å². The third-order valence-electron chi connectivity index (χ3n) is 3.30. The lowest BCUT2D eigenvalue weighted by Gasteiger charge is -2.28. The Hall–Kier alpha value is -2.31. The molecule has 0 heterocycles. The second-order valence-corrected chi connectivity index (χ2v) is 6.42. The van der Waals surface area contributed by atoms with Gasteiger partial charge in [0.15, 0.2) is 0 Å². The number of carbonyl (C=O) groups is 2. The molecule has 0 aliphatic carbocycles. The van der Waals surface area contributed by atoms with Crippen molar-refractivity contribution in [3.05, 3.63) is 47.5 Å². The number of esters is 2. The molecule has 7 heteroatoms. The number of halogens is 3. The molecule has 1 aromatic rings. The van der Waals surface area contributed by atoms with E-state index in [0.717, 1.165) is 5.56 Å². The smallest absolute Gasteiger partial charge is 0.422 e. The molecule has 0 saturated carbocycles. The third-order valence-corrected chi connectivity index (χ3v) is 3.30. The van der Waals surface area contributed by atoms with Gasteiger partial charge in [-0.05, 0) is 39.8 Å². The molecule has 0 bridgehead atoms. The van der Waals surface area contributed by atoms with E-state index in [0.29, 0.717) is 5.56 Å². The number of benzene rings is 1. The van der Waals surface area contributed by atoms with Gasteiger partial charge in [0.2, 0.25) is 0 Å². The molecular weight excluding hydrogens is 337 g/mol. The lowest BCUT2D eigenvalue weighted by molar-refractivity contribution is -0.163. The zero-order valence-electron chi connectivity index (χ0n) is 14.6. The van der Waals surface area contributed by atoms with Crippen LogP contribution in [0.4, 0.5) is 13.2 Å². The number of hydrogen-bond donors (Lipinski definition) is 0. The minimum absolute atomic E-state index is 0.0292. The number of alkyl halides is 3. The van der Waals surface area contributed by atoms with Crippen LogP contribution in [0.2, 0.25) is 0 Å². The first-order valence-electron chi connectivity index (χ1n) is 7.59. The van der Waals surface area contributed by atoms with Crippen LogP contribution in [-0.4, -0.2) is 29.8 Å². The predicted molar refractivity (Wildman–Crippen MR) is 86.0 cm³/mol. The number of aryl methyl sites for hydroxylation is 1. The van der Waals surface area contributed by atoms with Gasteiger partial charge in [0, 0.05) is 6.42 Å². The molecule has 4 nitrogen and oxygen atoms in total. The Bertz CT molecular complexity index is 663. The van der Waals surface area contributed by atoms with Gasteiger partial charge in [-0.15, -0.1) is 0 Å². The van der Waals surface area contributed by atoms with Gasteiger partial charge in [0.1, 0.15) is 17.3 Å². The molecule has 0 amide bonds. The number of rotatable bonds is 6. The van der Waals surface area contributed by atoms with Gasteiger partial charge in [0.05, 0.1) is 5.56 Å². The van der Waals surface area contributed by atoms with Crippen LogP contribution in [0.5, 0.6) is 0 Å². The van der Waals surface area contributed by atoms with Crippen LogP contribution < -0.4 is 0 Å². The third kappa shape index (κ3) is 6.60. The molecule has 138 valence electrons. The average molecular weight is 358 g/mol. The maximum absolute atomic E-state index is 12.5. The van der Waals surface area contributed by atoms with E-state index in [1.165, 1.54) is 13.8 Å². The normalized spacial score (nSPS) is 13.1. The minimum atomic E-state index is -4.85. The van der Waals surface area contributed by atoms with Crippen molar-refractivity contribution in [3.8, 4) is 0 Å². The molecule has 0 radical (unpaired) electrons. The largest absolute Gasteiger partial charge is 0.459 e. The van der Waals surface area contributed by atoms with Crippen LogP contribution in [0.3, 0.4) is 0 Å². The Kier molecular flexibility index (Phi) is 6.40. The molecule has 1 rings (SSSR count). The van der Waals surface area contributed by atoms with E-state index in [9.17, 15) is 22.8 Å². The van der Waals surface area contributed by atoms with E-state index in [4.69, 9.17) is 9.47 Å². The lowest BCUT2D eigenvalue weighted by Crippen LogP contribution is -2.35. The highest BCUT2D eigenvalue weighted by Gasteiger charge is 2.40. The van der Waals surface area contributed by atoms with E-state index < -0.39 is 35.4 Å². The summed E-state index contributed by atoms with van der Waals surface area (Å²) in [5.74, 6) is -2.10. The fraction of sp³-hybridized carbons (Fsp3) is 0.444. The second-order valence-electron chi connectivity index (χ2n) is 6.42. The summed E-state index contributed by atoms with van der Waals surface area (Å²) in [4.78, 5) is 23.6. The van der Waals surface area contributed by atoms with Crippen LogP contribution in [0.1, 0.15) is 43.1 Å². The first-order chi connectivity index (χ1) is 11.3. The van der Waals surface area contributed by atoms with Crippen molar-refractivity contribution in [2.24, 2.45) is 0 Å². The quantitative estimate of drug-likeness (QED) is 0.560. The van der Waals surface area contributed by atoms with Crippen molar-refractivity contribution in [1.82, 2.24) is 0 Å². The van der Waals surface area contributed by atoms with Gasteiger partial charge < -0.3 is 9.47 Å². The van der Waals surface area contributed by atoms with E-state index in [1.807, 2.05) is 13.0 Å². The van der Waals surface area contributed by atoms with Crippen LogP contribution >= 0.6 is 0 Å². The molecule has 0 N–H and O–H groups in total. The Morgan fingerprint density at radius 1 is 1.24 bits per heavy atom. The maximum atomic E-state index is 12.5. The Morgan fingerprint density at radius 2 is 1.84 bits per heavy atom. The SMILES string of the molecule is C=C(C(=O)OC(C)(C)CC(C)OC(=O)c1cccc(C)c1)C(F)(F)F. The summed E-state index contributed by atoms with van der Waals surface area (Å²) in [7, 11) is 0. The number of carbonyl (C=O) groups excluding carboxylic acids is 2. The second kappa shape index (κ2) is 7.72. The van der Waals surface area contributed by atoms with Gasteiger partial charge in [-0.2, -0.15) is 13.2 Å². The molecular formula is C18H21F3O4. The molecule has 25 heavy (non-hydrogen) atoms. The van der Waals surface area contributed by atoms with Crippen molar-refractivity contribution in [1.29, 1.82) is 0 Å². The average Bonchev–Trinajstić information content (AvgIpc) is 2.43. The van der Waals surface area contributed by atoms with Gasteiger partial charge in [-0.3, -0.25) is 0 Å². The number of ether oxygens (including phenoxy) is 2. The van der Waals surface area contributed by atoms with Gasteiger partial charge in [-0.25, -0.2) is 9.59 Å². The maximum Gasteiger partial charge on any atom is 0.422 e. The molecule has 0 saturated heterocycles. The summed E-state index contributed by atoms with van der Waals surface area (Å²) in [5.41, 5.74) is -1.59. The topological polar surface area (TPSA) is 52.6 Å². The van der Waals surface area contributed by atoms with E-state index in [1.54, 1.807) is 25.1 Å². The highest BCUT2D eigenvalue weighted by Crippen LogP contribution is 2.28. The zero-order chi connectivity index (χ0) is 19.4. The first kappa shape index (κ1) is 20.7. The molecule has 0 aromatic heterocycles.